The van der Waals surface area contributed by atoms with Crippen molar-refractivity contribution in [2.24, 2.45) is 5.92 Å². The summed E-state index contributed by atoms with van der Waals surface area (Å²) in [6, 6.07) is 13.9. The number of amides is 1. The van der Waals surface area contributed by atoms with Gasteiger partial charge in [0.1, 0.15) is 4.90 Å². The number of halogens is 1. The maximum Gasteiger partial charge on any atom is 0.338 e. The number of sulfonamides is 1. The lowest BCUT2D eigenvalue weighted by Gasteiger charge is -2.30. The molecule has 3 rings (SSSR count). The van der Waals surface area contributed by atoms with Crippen LogP contribution in [0.3, 0.4) is 0 Å². The van der Waals surface area contributed by atoms with Gasteiger partial charge in [0.05, 0.1) is 10.6 Å². The van der Waals surface area contributed by atoms with E-state index in [9.17, 15) is 18.0 Å². The summed E-state index contributed by atoms with van der Waals surface area (Å²) in [5, 5.41) is 2.75. The van der Waals surface area contributed by atoms with Crippen molar-refractivity contribution in [3.63, 3.8) is 0 Å². The Morgan fingerprint density at radius 3 is 2.67 bits per heavy atom. The standard InChI is InChI=1S/C24H29ClN2O5S/c1-18-7-6-14-27(16-18)33(30,31)22-15-20(11-12-21(22)25)24(29)32-17-23(28)26-13-5-10-19-8-3-2-4-9-19/h2-4,8-9,11-12,15,18H,5-7,10,13-14,16-17H2,1H3,(H,26,28). The van der Waals surface area contributed by atoms with Crippen LogP contribution < -0.4 is 5.32 Å². The monoisotopic (exact) mass is 492 g/mol. The number of aryl methyl sites for hydroxylation is 1. The third-order valence-corrected chi connectivity index (χ3v) is 7.89. The number of hydrogen-bond acceptors (Lipinski definition) is 5. The number of hydrogen-bond donors (Lipinski definition) is 1. The van der Waals surface area contributed by atoms with Crippen LogP contribution in [0.2, 0.25) is 5.02 Å². The smallest absolute Gasteiger partial charge is 0.338 e. The molecule has 9 heteroatoms. The van der Waals surface area contributed by atoms with Crippen LogP contribution in [-0.4, -0.2) is 50.8 Å². The van der Waals surface area contributed by atoms with E-state index in [1.165, 1.54) is 28.1 Å². The largest absolute Gasteiger partial charge is 0.452 e. The summed E-state index contributed by atoms with van der Waals surface area (Å²) in [6.45, 7) is 2.85. The van der Waals surface area contributed by atoms with Gasteiger partial charge in [-0.1, -0.05) is 48.9 Å². The Kier molecular flexibility index (Phi) is 8.88. The first-order valence-electron chi connectivity index (χ1n) is 11.0. The Morgan fingerprint density at radius 1 is 1.18 bits per heavy atom. The number of benzene rings is 2. The van der Waals surface area contributed by atoms with Crippen LogP contribution in [0.5, 0.6) is 0 Å². The Bertz CT molecular complexity index is 1080. The van der Waals surface area contributed by atoms with Gasteiger partial charge in [-0.3, -0.25) is 4.79 Å². The van der Waals surface area contributed by atoms with E-state index in [1.807, 2.05) is 37.3 Å². The second kappa shape index (κ2) is 11.6. The zero-order valence-corrected chi connectivity index (χ0v) is 20.2. The van der Waals surface area contributed by atoms with Crippen LogP contribution in [0.25, 0.3) is 0 Å². The number of carbonyl (C=O) groups excluding carboxylic acids is 2. The molecule has 0 aliphatic carbocycles. The second-order valence-corrected chi connectivity index (χ2v) is 10.6. The number of esters is 1. The number of piperidine rings is 1. The van der Waals surface area contributed by atoms with Gasteiger partial charge in [0, 0.05) is 19.6 Å². The molecule has 33 heavy (non-hydrogen) atoms. The normalized spacial score (nSPS) is 16.8. The quantitative estimate of drug-likeness (QED) is 0.426. The van der Waals surface area contributed by atoms with Crippen LogP contribution in [0, 0.1) is 5.92 Å². The maximum absolute atomic E-state index is 13.1. The molecule has 1 aliphatic rings. The fourth-order valence-corrected chi connectivity index (χ4v) is 5.86. The highest BCUT2D eigenvalue weighted by Gasteiger charge is 2.31. The van der Waals surface area contributed by atoms with Crippen LogP contribution in [0.15, 0.2) is 53.4 Å². The second-order valence-electron chi connectivity index (χ2n) is 8.27. The van der Waals surface area contributed by atoms with E-state index in [2.05, 4.69) is 5.32 Å². The summed E-state index contributed by atoms with van der Waals surface area (Å²) in [5.74, 6) is -0.943. The van der Waals surface area contributed by atoms with E-state index in [4.69, 9.17) is 16.3 Å². The van der Waals surface area contributed by atoms with E-state index in [0.29, 0.717) is 19.6 Å². The topological polar surface area (TPSA) is 92.8 Å². The number of rotatable bonds is 9. The molecule has 0 spiro atoms. The molecule has 1 N–H and O–H groups in total. The molecular weight excluding hydrogens is 464 g/mol. The minimum Gasteiger partial charge on any atom is -0.452 e. The molecule has 0 aromatic heterocycles. The van der Waals surface area contributed by atoms with Crippen LogP contribution in [0.1, 0.15) is 42.1 Å². The molecular formula is C24H29ClN2O5S. The van der Waals surface area contributed by atoms with Gasteiger partial charge in [-0.05, 0) is 55.4 Å². The zero-order valence-electron chi connectivity index (χ0n) is 18.6. The number of ether oxygens (including phenoxy) is 1. The molecule has 1 saturated heterocycles. The van der Waals surface area contributed by atoms with Gasteiger partial charge in [-0.2, -0.15) is 4.31 Å². The summed E-state index contributed by atoms with van der Waals surface area (Å²) >= 11 is 6.16. The molecule has 1 amide bonds. The van der Waals surface area contributed by atoms with Crippen LogP contribution >= 0.6 is 11.6 Å². The average molecular weight is 493 g/mol. The van der Waals surface area contributed by atoms with Gasteiger partial charge in [0.15, 0.2) is 6.61 Å². The fraction of sp³-hybridized carbons (Fsp3) is 0.417. The number of nitrogens with one attached hydrogen (secondary N) is 1. The van der Waals surface area contributed by atoms with Crippen LogP contribution in [-0.2, 0) is 26.0 Å². The molecule has 0 bridgehead atoms. The molecule has 0 radical (unpaired) electrons. The Hall–Kier alpha value is -2.42. The molecule has 2 aromatic rings. The summed E-state index contributed by atoms with van der Waals surface area (Å²) in [7, 11) is -3.84. The summed E-state index contributed by atoms with van der Waals surface area (Å²) in [4.78, 5) is 24.3. The Balaban J connectivity index is 1.53. The molecule has 7 nitrogen and oxygen atoms in total. The van der Waals surface area contributed by atoms with E-state index < -0.39 is 28.5 Å². The van der Waals surface area contributed by atoms with Crippen molar-refractivity contribution < 1.29 is 22.7 Å². The van der Waals surface area contributed by atoms with Gasteiger partial charge in [0.2, 0.25) is 10.0 Å². The average Bonchev–Trinajstić information content (AvgIpc) is 2.81. The van der Waals surface area contributed by atoms with Crippen molar-refractivity contribution >= 4 is 33.5 Å². The fourth-order valence-electron chi connectivity index (χ4n) is 3.76. The van der Waals surface area contributed by atoms with E-state index >= 15 is 0 Å². The Labute approximate surface area is 200 Å². The van der Waals surface area contributed by atoms with Crippen molar-refractivity contribution in [2.45, 2.75) is 37.5 Å². The van der Waals surface area contributed by atoms with Crippen molar-refractivity contribution in [1.29, 1.82) is 0 Å². The lowest BCUT2D eigenvalue weighted by atomic mass is 10.0. The molecule has 178 valence electrons. The third-order valence-electron chi connectivity index (χ3n) is 5.55. The van der Waals surface area contributed by atoms with Crippen molar-refractivity contribution in [3.05, 3.63) is 64.7 Å². The predicted molar refractivity (Wildman–Crippen MR) is 127 cm³/mol. The highest BCUT2D eigenvalue weighted by Crippen LogP contribution is 2.29. The minimum atomic E-state index is -3.84. The van der Waals surface area contributed by atoms with Gasteiger partial charge >= 0.3 is 5.97 Å². The number of nitrogens with zero attached hydrogens (tertiary/aromatic N) is 1. The molecule has 1 heterocycles. The van der Waals surface area contributed by atoms with E-state index in [0.717, 1.165) is 25.7 Å². The van der Waals surface area contributed by atoms with Crippen LogP contribution in [0.4, 0.5) is 0 Å². The van der Waals surface area contributed by atoms with Gasteiger partial charge in [-0.25, -0.2) is 13.2 Å². The van der Waals surface area contributed by atoms with Crippen molar-refractivity contribution in [1.82, 2.24) is 9.62 Å². The number of carbonyl (C=O) groups is 2. The van der Waals surface area contributed by atoms with Gasteiger partial charge < -0.3 is 10.1 Å². The lowest BCUT2D eigenvalue weighted by Crippen LogP contribution is -2.39. The molecule has 1 unspecified atom stereocenters. The maximum atomic E-state index is 13.1. The van der Waals surface area contributed by atoms with Gasteiger partial charge in [-0.15, -0.1) is 0 Å². The molecule has 2 aromatic carbocycles. The highest BCUT2D eigenvalue weighted by molar-refractivity contribution is 7.89. The van der Waals surface area contributed by atoms with E-state index in [1.54, 1.807) is 0 Å². The predicted octanol–water partition coefficient (Wildman–Crippen LogP) is 3.67. The van der Waals surface area contributed by atoms with Crippen molar-refractivity contribution in [3.8, 4) is 0 Å². The van der Waals surface area contributed by atoms with Gasteiger partial charge in [0.25, 0.3) is 5.91 Å². The summed E-state index contributed by atoms with van der Waals surface area (Å²) in [6.07, 6.45) is 3.34. The molecule has 1 fully saturated rings. The lowest BCUT2D eigenvalue weighted by molar-refractivity contribution is -0.124. The first kappa shape index (κ1) is 25.2. The zero-order chi connectivity index (χ0) is 23.8. The molecule has 1 aliphatic heterocycles. The third kappa shape index (κ3) is 7.03. The summed E-state index contributed by atoms with van der Waals surface area (Å²) in [5.41, 5.74) is 1.21. The first-order valence-corrected chi connectivity index (χ1v) is 12.9. The first-order chi connectivity index (χ1) is 15.8. The van der Waals surface area contributed by atoms with E-state index in [-0.39, 0.29) is 21.4 Å². The molecule has 0 saturated carbocycles. The highest BCUT2D eigenvalue weighted by atomic mass is 35.5. The SMILES string of the molecule is CC1CCCN(S(=O)(=O)c2cc(C(=O)OCC(=O)NCCCc3ccccc3)ccc2Cl)C1. The van der Waals surface area contributed by atoms with Crippen molar-refractivity contribution in [2.75, 3.05) is 26.2 Å². The Morgan fingerprint density at radius 2 is 1.94 bits per heavy atom. The molecule has 1 atom stereocenters. The summed E-state index contributed by atoms with van der Waals surface area (Å²) < 4.78 is 32.6. The minimum absolute atomic E-state index is 0.0277.